The third-order valence-corrected chi connectivity index (χ3v) is 2.59. The number of methoxy groups -OCH3 is 1. The highest BCUT2D eigenvalue weighted by Gasteiger charge is 2.18. The predicted molar refractivity (Wildman–Crippen MR) is 72.7 cm³/mol. The molecule has 2 rings (SSSR count). The molecular formula is C13H17N5O. The molecule has 0 fully saturated rings. The van der Waals surface area contributed by atoms with Gasteiger partial charge in [-0.05, 0) is 6.07 Å². The third-order valence-electron chi connectivity index (χ3n) is 2.59. The van der Waals surface area contributed by atoms with Crippen molar-refractivity contribution in [2.24, 2.45) is 0 Å². The molecule has 2 aromatic rings. The topological polar surface area (TPSA) is 86.8 Å². The normalized spacial score (nSPS) is 11.4. The number of nitrogens with two attached hydrogens (primary N) is 1. The molecule has 0 atom stereocenters. The second-order valence-corrected chi connectivity index (χ2v) is 5.21. The van der Waals surface area contributed by atoms with Gasteiger partial charge in [-0.1, -0.05) is 20.8 Å². The van der Waals surface area contributed by atoms with Gasteiger partial charge >= 0.3 is 0 Å². The highest BCUT2D eigenvalue weighted by atomic mass is 16.5. The van der Waals surface area contributed by atoms with Crippen LogP contribution < -0.4 is 10.5 Å². The lowest BCUT2D eigenvalue weighted by Gasteiger charge is -2.18. The van der Waals surface area contributed by atoms with Crippen LogP contribution in [0, 0.1) is 0 Å². The first-order valence-corrected chi connectivity index (χ1v) is 5.93. The number of nitrogen functional groups attached to an aromatic ring is 1. The van der Waals surface area contributed by atoms with E-state index in [1.807, 2.05) is 0 Å². The van der Waals surface area contributed by atoms with Crippen molar-refractivity contribution in [3.63, 3.8) is 0 Å². The number of hydrogen-bond donors (Lipinski definition) is 1. The maximum absolute atomic E-state index is 5.83. The Labute approximate surface area is 112 Å². The van der Waals surface area contributed by atoms with E-state index in [0.29, 0.717) is 23.2 Å². The van der Waals surface area contributed by atoms with E-state index >= 15 is 0 Å². The molecule has 0 aliphatic carbocycles. The zero-order valence-electron chi connectivity index (χ0n) is 11.5. The van der Waals surface area contributed by atoms with Gasteiger partial charge in [-0.25, -0.2) is 9.97 Å². The smallest absolute Gasteiger partial charge is 0.233 e. The summed E-state index contributed by atoms with van der Waals surface area (Å²) < 4.78 is 4.97. The van der Waals surface area contributed by atoms with E-state index in [1.165, 1.54) is 0 Å². The lowest BCUT2D eigenvalue weighted by Crippen LogP contribution is -2.15. The number of rotatable bonds is 2. The molecular weight excluding hydrogens is 242 g/mol. The number of nitrogens with zero attached hydrogens (tertiary/aromatic N) is 4. The van der Waals surface area contributed by atoms with Gasteiger partial charge in [0.1, 0.15) is 11.5 Å². The van der Waals surface area contributed by atoms with Crippen molar-refractivity contribution in [2.75, 3.05) is 12.8 Å². The molecule has 0 saturated carbocycles. The summed E-state index contributed by atoms with van der Waals surface area (Å²) in [6.45, 7) is 6.20. The maximum Gasteiger partial charge on any atom is 0.233 e. The molecule has 0 aliphatic rings. The molecule has 6 nitrogen and oxygen atoms in total. The van der Waals surface area contributed by atoms with Gasteiger partial charge in [-0.3, -0.25) is 0 Å². The van der Waals surface area contributed by atoms with Crippen LogP contribution in [0.15, 0.2) is 18.2 Å². The van der Waals surface area contributed by atoms with E-state index in [-0.39, 0.29) is 5.41 Å². The average Bonchev–Trinajstić information content (AvgIpc) is 2.37. The molecule has 0 radical (unpaired) electrons. The molecule has 2 N–H and O–H groups in total. The van der Waals surface area contributed by atoms with Crippen molar-refractivity contribution in [1.82, 2.24) is 20.2 Å². The van der Waals surface area contributed by atoms with Crippen LogP contribution in [0.25, 0.3) is 11.5 Å². The van der Waals surface area contributed by atoms with Crippen LogP contribution in [-0.4, -0.2) is 27.3 Å². The van der Waals surface area contributed by atoms with E-state index in [9.17, 15) is 0 Å². The van der Waals surface area contributed by atoms with Gasteiger partial charge in [-0.15, -0.1) is 10.2 Å². The van der Waals surface area contributed by atoms with Gasteiger partial charge in [0, 0.05) is 17.5 Å². The molecule has 100 valence electrons. The molecule has 0 aromatic carbocycles. The van der Waals surface area contributed by atoms with Crippen molar-refractivity contribution in [1.29, 1.82) is 0 Å². The Bertz CT molecular complexity index is 575. The largest absolute Gasteiger partial charge is 0.480 e. The minimum absolute atomic E-state index is 0.105. The van der Waals surface area contributed by atoms with Crippen molar-refractivity contribution < 1.29 is 4.74 Å². The van der Waals surface area contributed by atoms with Gasteiger partial charge in [0.15, 0.2) is 5.82 Å². The monoisotopic (exact) mass is 259 g/mol. The molecule has 6 heteroatoms. The Morgan fingerprint density at radius 1 is 1.11 bits per heavy atom. The summed E-state index contributed by atoms with van der Waals surface area (Å²) in [5.74, 6) is 1.34. The fourth-order valence-electron chi connectivity index (χ4n) is 1.51. The summed E-state index contributed by atoms with van der Waals surface area (Å²) in [5, 5.41) is 7.93. The first kappa shape index (κ1) is 13.2. The summed E-state index contributed by atoms with van der Waals surface area (Å²) in [6, 6.07) is 5.25. The lowest BCUT2D eigenvalue weighted by molar-refractivity contribution is 0.392. The number of ether oxygens (including phenoxy) is 1. The molecule has 0 saturated heterocycles. The fourth-order valence-corrected chi connectivity index (χ4v) is 1.51. The fraction of sp³-hybridized carbons (Fsp3) is 0.385. The molecule has 2 aromatic heterocycles. The Morgan fingerprint density at radius 2 is 1.84 bits per heavy atom. The highest BCUT2D eigenvalue weighted by Crippen LogP contribution is 2.24. The first-order chi connectivity index (χ1) is 8.90. The maximum atomic E-state index is 5.83. The number of hydrogen-bond acceptors (Lipinski definition) is 6. The quantitative estimate of drug-likeness (QED) is 0.885. The molecule has 2 heterocycles. The van der Waals surface area contributed by atoms with Crippen molar-refractivity contribution >= 4 is 5.82 Å². The van der Waals surface area contributed by atoms with Crippen LogP contribution in [0.5, 0.6) is 5.88 Å². The van der Waals surface area contributed by atoms with E-state index in [4.69, 9.17) is 10.5 Å². The average molecular weight is 259 g/mol. The number of anilines is 1. The molecule has 0 aliphatic heterocycles. The second kappa shape index (κ2) is 4.79. The summed E-state index contributed by atoms with van der Waals surface area (Å²) >= 11 is 0. The Morgan fingerprint density at radius 3 is 2.37 bits per heavy atom. The highest BCUT2D eigenvalue weighted by molar-refractivity contribution is 5.52. The molecule has 0 spiro atoms. The van der Waals surface area contributed by atoms with E-state index in [0.717, 1.165) is 5.69 Å². The Hall–Kier alpha value is -2.24. The molecule has 0 unspecified atom stereocenters. The van der Waals surface area contributed by atoms with Gasteiger partial charge in [-0.2, -0.15) is 0 Å². The van der Waals surface area contributed by atoms with Crippen LogP contribution in [-0.2, 0) is 5.41 Å². The summed E-state index contributed by atoms with van der Waals surface area (Å²) in [5.41, 5.74) is 7.16. The third kappa shape index (κ3) is 2.96. The minimum Gasteiger partial charge on any atom is -0.480 e. The van der Waals surface area contributed by atoms with Crippen LogP contribution in [0.3, 0.4) is 0 Å². The Balaban J connectivity index is 2.46. The van der Waals surface area contributed by atoms with Crippen LogP contribution in [0.4, 0.5) is 5.82 Å². The van der Waals surface area contributed by atoms with E-state index in [2.05, 4.69) is 40.9 Å². The predicted octanol–water partition coefficient (Wildman–Crippen LogP) is 1.82. The minimum atomic E-state index is -0.105. The SMILES string of the molecule is COc1ccc(-c2nc(N)cc(C(C)(C)C)n2)nn1. The summed E-state index contributed by atoms with van der Waals surface area (Å²) in [7, 11) is 1.54. The van der Waals surface area contributed by atoms with E-state index < -0.39 is 0 Å². The zero-order chi connectivity index (χ0) is 14.0. The molecule has 0 amide bonds. The van der Waals surface area contributed by atoms with Gasteiger partial charge in [0.25, 0.3) is 0 Å². The van der Waals surface area contributed by atoms with Crippen LogP contribution in [0.1, 0.15) is 26.5 Å². The van der Waals surface area contributed by atoms with Gasteiger partial charge < -0.3 is 10.5 Å². The van der Waals surface area contributed by atoms with Crippen LogP contribution in [0.2, 0.25) is 0 Å². The van der Waals surface area contributed by atoms with Crippen LogP contribution >= 0.6 is 0 Å². The van der Waals surface area contributed by atoms with Gasteiger partial charge in [0.2, 0.25) is 5.88 Å². The summed E-state index contributed by atoms with van der Waals surface area (Å²) in [4.78, 5) is 8.69. The standard InChI is InChI=1S/C13H17N5O/c1-13(2,3)9-7-10(14)16-12(15-9)8-5-6-11(19-4)18-17-8/h5-7H,1-4H3,(H2,14,15,16). The van der Waals surface area contributed by atoms with E-state index in [1.54, 1.807) is 25.3 Å². The van der Waals surface area contributed by atoms with Crippen molar-refractivity contribution in [2.45, 2.75) is 26.2 Å². The second-order valence-electron chi connectivity index (χ2n) is 5.21. The van der Waals surface area contributed by atoms with Gasteiger partial charge in [0.05, 0.1) is 12.8 Å². The molecule has 0 bridgehead atoms. The Kier molecular flexibility index (Phi) is 3.33. The molecule has 19 heavy (non-hydrogen) atoms. The van der Waals surface area contributed by atoms with Crippen molar-refractivity contribution in [3.05, 3.63) is 23.9 Å². The summed E-state index contributed by atoms with van der Waals surface area (Å²) in [6.07, 6.45) is 0. The zero-order valence-corrected chi connectivity index (χ0v) is 11.5. The lowest BCUT2D eigenvalue weighted by atomic mass is 9.92. The number of aromatic nitrogens is 4. The first-order valence-electron chi connectivity index (χ1n) is 5.93. The van der Waals surface area contributed by atoms with Crippen molar-refractivity contribution in [3.8, 4) is 17.4 Å².